The zero-order chi connectivity index (χ0) is 34.8. The average molecular weight is 714 g/mol. The van der Waals surface area contributed by atoms with E-state index >= 15 is 0 Å². The van der Waals surface area contributed by atoms with Gasteiger partial charge in [-0.2, -0.15) is 0 Å². The standard InChI is InChI=1S/C38H38Cl2N6O4/c1-50-37-23(18-42-20-26-11-15-34(48)44-26)9-13-31(45-37)30-6-2-4-28(35(30)39)29-5-3-7-32(36(29)40)46-21-24-16-22(8-12-27(24)38(46)49)17-41-19-25-10-14-33(47)43-25/h2-9,12-13,16,25-26,41-42H,10-11,14-15,17-21H2,1H3,(H,43,47)(H,44,48)/t25-,26+/m1/s1. The number of carbonyl (C=O) groups is 3. The molecule has 0 saturated carbocycles. The van der Waals surface area contributed by atoms with Gasteiger partial charge in [-0.05, 0) is 42.2 Å². The van der Waals surface area contributed by atoms with Crippen LogP contribution in [0.15, 0.2) is 66.7 Å². The number of methoxy groups -OCH3 is 1. The minimum absolute atomic E-state index is 0.0924. The minimum Gasteiger partial charge on any atom is -0.481 e. The van der Waals surface area contributed by atoms with E-state index in [1.807, 2.05) is 60.7 Å². The summed E-state index contributed by atoms with van der Waals surface area (Å²) < 4.78 is 5.64. The molecule has 0 bridgehead atoms. The molecule has 0 radical (unpaired) electrons. The largest absolute Gasteiger partial charge is 0.481 e. The second-order valence-electron chi connectivity index (χ2n) is 12.9. The van der Waals surface area contributed by atoms with Gasteiger partial charge in [-0.25, -0.2) is 4.98 Å². The monoisotopic (exact) mass is 712 g/mol. The van der Waals surface area contributed by atoms with Gasteiger partial charge in [-0.3, -0.25) is 14.4 Å². The lowest BCUT2D eigenvalue weighted by molar-refractivity contribution is -0.120. The van der Waals surface area contributed by atoms with E-state index in [-0.39, 0.29) is 29.8 Å². The zero-order valence-corrected chi connectivity index (χ0v) is 29.2. The maximum atomic E-state index is 13.6. The van der Waals surface area contributed by atoms with Crippen LogP contribution in [0, 0.1) is 0 Å². The number of fused-ring (bicyclic) bond motifs is 1. The maximum absolute atomic E-state index is 13.6. The lowest BCUT2D eigenvalue weighted by atomic mass is 10.00. The number of hydrogen-bond donors (Lipinski definition) is 4. The molecule has 12 heteroatoms. The summed E-state index contributed by atoms with van der Waals surface area (Å²) in [7, 11) is 1.59. The first-order valence-corrected chi connectivity index (χ1v) is 17.6. The van der Waals surface area contributed by atoms with E-state index in [0.717, 1.165) is 40.7 Å². The van der Waals surface area contributed by atoms with Crippen molar-refractivity contribution < 1.29 is 19.1 Å². The predicted octanol–water partition coefficient (Wildman–Crippen LogP) is 5.63. The van der Waals surface area contributed by atoms with Crippen LogP contribution in [0.1, 0.15) is 52.7 Å². The summed E-state index contributed by atoms with van der Waals surface area (Å²) in [5, 5.41) is 13.7. The van der Waals surface area contributed by atoms with Gasteiger partial charge in [0.2, 0.25) is 17.7 Å². The molecule has 50 heavy (non-hydrogen) atoms. The van der Waals surface area contributed by atoms with E-state index in [1.54, 1.807) is 12.0 Å². The first kappa shape index (κ1) is 34.0. The van der Waals surface area contributed by atoms with E-state index in [0.29, 0.717) is 84.0 Å². The quantitative estimate of drug-likeness (QED) is 0.150. The van der Waals surface area contributed by atoms with Gasteiger partial charge in [0.25, 0.3) is 5.91 Å². The van der Waals surface area contributed by atoms with E-state index in [9.17, 15) is 14.4 Å². The summed E-state index contributed by atoms with van der Waals surface area (Å²) in [6.45, 7) is 2.95. The predicted molar refractivity (Wildman–Crippen MR) is 194 cm³/mol. The van der Waals surface area contributed by atoms with Gasteiger partial charge in [-0.1, -0.05) is 71.7 Å². The number of anilines is 1. The molecule has 0 unspecified atom stereocenters. The number of pyridine rings is 1. The molecule has 3 amide bonds. The van der Waals surface area contributed by atoms with Crippen LogP contribution in [0.2, 0.25) is 10.0 Å². The molecule has 1 aromatic heterocycles. The Morgan fingerprint density at radius 2 is 1.46 bits per heavy atom. The Labute approximate surface area is 300 Å². The summed E-state index contributed by atoms with van der Waals surface area (Å²) in [5.74, 6) is 0.577. The van der Waals surface area contributed by atoms with Crippen LogP contribution >= 0.6 is 23.2 Å². The number of ether oxygens (including phenoxy) is 1. The van der Waals surface area contributed by atoms with Crippen molar-refractivity contribution in [1.82, 2.24) is 26.3 Å². The first-order chi connectivity index (χ1) is 24.3. The molecule has 2 fully saturated rings. The maximum Gasteiger partial charge on any atom is 0.258 e. The lowest BCUT2D eigenvalue weighted by Gasteiger charge is -2.20. The minimum atomic E-state index is -0.106. The fraction of sp³-hybridized carbons (Fsp3) is 0.316. The molecule has 4 N–H and O–H groups in total. The highest BCUT2D eigenvalue weighted by Gasteiger charge is 2.31. The molecule has 4 heterocycles. The summed E-state index contributed by atoms with van der Waals surface area (Å²) in [6, 6.07) is 21.4. The van der Waals surface area contributed by atoms with Gasteiger partial charge in [-0.15, -0.1) is 0 Å². The SMILES string of the molecule is COc1nc(-c2cccc(-c3cccc(N4Cc5cc(CNC[C@H]6CCC(=O)N6)ccc5C4=O)c3Cl)c2Cl)ccc1CNC[C@@H]1CCC(=O)N1. The second-order valence-corrected chi connectivity index (χ2v) is 13.7. The van der Waals surface area contributed by atoms with E-state index in [1.165, 1.54) is 0 Å². The van der Waals surface area contributed by atoms with Crippen molar-refractivity contribution in [2.75, 3.05) is 25.1 Å². The normalized spacial score (nSPS) is 18.4. The van der Waals surface area contributed by atoms with Crippen molar-refractivity contribution in [3.05, 3.63) is 99.0 Å². The number of nitrogens with one attached hydrogen (secondary N) is 4. The number of nitrogens with zero attached hydrogens (tertiary/aromatic N) is 2. The smallest absolute Gasteiger partial charge is 0.258 e. The van der Waals surface area contributed by atoms with Gasteiger partial charge in [0, 0.05) is 78.9 Å². The van der Waals surface area contributed by atoms with E-state index in [4.69, 9.17) is 32.9 Å². The molecule has 4 aromatic rings. The summed E-state index contributed by atoms with van der Waals surface area (Å²) in [4.78, 5) is 43.1. The Kier molecular flexibility index (Phi) is 10.1. The lowest BCUT2D eigenvalue weighted by Crippen LogP contribution is -2.35. The molecule has 0 spiro atoms. The molecule has 258 valence electrons. The topological polar surface area (TPSA) is 125 Å². The highest BCUT2D eigenvalue weighted by Crippen LogP contribution is 2.43. The molecule has 10 nitrogen and oxygen atoms in total. The number of carbonyl (C=O) groups excluding carboxylic acids is 3. The molecule has 3 aliphatic rings. The Bertz CT molecular complexity index is 1970. The molecular weight excluding hydrogens is 675 g/mol. The van der Waals surface area contributed by atoms with Crippen LogP contribution in [0.4, 0.5) is 5.69 Å². The second kappa shape index (κ2) is 14.8. The third-order valence-corrected chi connectivity index (χ3v) is 10.3. The van der Waals surface area contributed by atoms with Crippen LogP contribution in [-0.4, -0.2) is 55.0 Å². The van der Waals surface area contributed by atoms with Crippen molar-refractivity contribution in [3.8, 4) is 28.3 Å². The Hall–Kier alpha value is -4.48. The fourth-order valence-corrected chi connectivity index (χ4v) is 7.57. The van der Waals surface area contributed by atoms with Crippen molar-refractivity contribution in [3.63, 3.8) is 0 Å². The Morgan fingerprint density at radius 1 is 0.800 bits per heavy atom. The molecule has 3 aromatic carbocycles. The van der Waals surface area contributed by atoms with Crippen LogP contribution in [0.3, 0.4) is 0 Å². The van der Waals surface area contributed by atoms with E-state index in [2.05, 4.69) is 27.3 Å². The van der Waals surface area contributed by atoms with Gasteiger partial charge >= 0.3 is 0 Å². The summed E-state index contributed by atoms with van der Waals surface area (Å²) in [5.41, 5.74) is 6.96. The molecule has 0 aliphatic carbocycles. The van der Waals surface area contributed by atoms with Crippen molar-refractivity contribution >= 4 is 46.6 Å². The van der Waals surface area contributed by atoms with Crippen LogP contribution in [0.5, 0.6) is 5.88 Å². The number of benzene rings is 3. The molecule has 3 aliphatic heterocycles. The molecular formula is C38H38Cl2N6O4. The molecule has 2 atom stereocenters. The zero-order valence-electron chi connectivity index (χ0n) is 27.7. The first-order valence-electron chi connectivity index (χ1n) is 16.8. The summed E-state index contributed by atoms with van der Waals surface area (Å²) >= 11 is 14.2. The average Bonchev–Trinajstić information content (AvgIpc) is 3.83. The van der Waals surface area contributed by atoms with E-state index < -0.39 is 0 Å². The third kappa shape index (κ3) is 7.07. The van der Waals surface area contributed by atoms with Gasteiger partial charge in [0.1, 0.15) is 0 Å². The fourth-order valence-electron chi connectivity index (χ4n) is 6.92. The molecule has 7 rings (SSSR count). The third-order valence-electron chi connectivity index (χ3n) is 9.54. The number of rotatable bonds is 12. The summed E-state index contributed by atoms with van der Waals surface area (Å²) in [6.07, 6.45) is 2.81. The number of amides is 3. The van der Waals surface area contributed by atoms with Crippen molar-refractivity contribution in [1.29, 1.82) is 0 Å². The highest BCUT2D eigenvalue weighted by atomic mass is 35.5. The van der Waals surface area contributed by atoms with Crippen LogP contribution in [0.25, 0.3) is 22.4 Å². The van der Waals surface area contributed by atoms with Crippen molar-refractivity contribution in [2.45, 2.75) is 57.4 Å². The van der Waals surface area contributed by atoms with Gasteiger partial charge < -0.3 is 30.9 Å². The van der Waals surface area contributed by atoms with Crippen molar-refractivity contribution in [2.24, 2.45) is 0 Å². The van der Waals surface area contributed by atoms with Gasteiger partial charge in [0.05, 0.1) is 35.1 Å². The number of aromatic nitrogens is 1. The Balaban J connectivity index is 1.07. The number of halogens is 2. The molecule has 2 saturated heterocycles. The van der Waals surface area contributed by atoms with Crippen LogP contribution < -0.4 is 30.9 Å². The Morgan fingerprint density at radius 3 is 2.14 bits per heavy atom. The highest BCUT2D eigenvalue weighted by molar-refractivity contribution is 6.39. The van der Waals surface area contributed by atoms with Crippen LogP contribution in [-0.2, 0) is 29.2 Å². The number of hydrogen-bond acceptors (Lipinski definition) is 7. The van der Waals surface area contributed by atoms with Gasteiger partial charge in [0.15, 0.2) is 0 Å².